The van der Waals surface area contributed by atoms with Crippen molar-refractivity contribution in [3.05, 3.63) is 22.3 Å². The maximum Gasteiger partial charge on any atom is 0.137 e. The zero-order valence-electron chi connectivity index (χ0n) is 7.33. The van der Waals surface area contributed by atoms with E-state index < -0.39 is 0 Å². The highest BCUT2D eigenvalue weighted by molar-refractivity contribution is 9.10. The lowest BCUT2D eigenvalue weighted by Crippen LogP contribution is -2.16. The first-order chi connectivity index (χ1) is 6.15. The molecule has 0 aliphatic carbocycles. The van der Waals surface area contributed by atoms with Gasteiger partial charge in [-0.2, -0.15) is 0 Å². The van der Waals surface area contributed by atoms with Crippen LogP contribution in [0.4, 0.5) is 5.82 Å². The van der Waals surface area contributed by atoms with E-state index in [-0.39, 0.29) is 6.04 Å². The van der Waals surface area contributed by atoms with Gasteiger partial charge in [0.05, 0.1) is 17.1 Å². The molecule has 4 nitrogen and oxygen atoms in total. The fourth-order valence-electron chi connectivity index (χ4n) is 0.942. The lowest BCUT2D eigenvalue weighted by atomic mass is 10.1. The molecule has 0 radical (unpaired) electrons. The molecule has 1 rings (SSSR count). The van der Waals surface area contributed by atoms with Crippen molar-refractivity contribution in [1.29, 1.82) is 0 Å². The minimum absolute atomic E-state index is 0.158. The summed E-state index contributed by atoms with van der Waals surface area (Å²) in [5.74, 6) is 0.466. The van der Waals surface area contributed by atoms with Crippen LogP contribution < -0.4 is 11.5 Å². The predicted octanol–water partition coefficient (Wildman–Crippen LogP) is 1.07. The molecule has 0 bridgehead atoms. The SMILES string of the molecule is COCC(N)c1cnc(N)c(Br)c1. The third kappa shape index (κ3) is 2.65. The largest absolute Gasteiger partial charge is 0.383 e. The maximum absolute atomic E-state index is 5.80. The van der Waals surface area contributed by atoms with E-state index in [1.807, 2.05) is 6.07 Å². The first-order valence-electron chi connectivity index (χ1n) is 3.80. The van der Waals surface area contributed by atoms with E-state index in [2.05, 4.69) is 20.9 Å². The van der Waals surface area contributed by atoms with Gasteiger partial charge < -0.3 is 16.2 Å². The monoisotopic (exact) mass is 245 g/mol. The van der Waals surface area contributed by atoms with E-state index in [1.165, 1.54) is 0 Å². The topological polar surface area (TPSA) is 74.2 Å². The number of halogens is 1. The number of rotatable bonds is 3. The van der Waals surface area contributed by atoms with Gasteiger partial charge in [0.25, 0.3) is 0 Å². The zero-order valence-corrected chi connectivity index (χ0v) is 8.91. The summed E-state index contributed by atoms with van der Waals surface area (Å²) >= 11 is 3.28. The average molecular weight is 246 g/mol. The van der Waals surface area contributed by atoms with Crippen LogP contribution in [-0.4, -0.2) is 18.7 Å². The van der Waals surface area contributed by atoms with Crippen molar-refractivity contribution in [2.24, 2.45) is 5.73 Å². The smallest absolute Gasteiger partial charge is 0.137 e. The highest BCUT2D eigenvalue weighted by Crippen LogP contribution is 2.20. The van der Waals surface area contributed by atoms with E-state index in [0.29, 0.717) is 12.4 Å². The summed E-state index contributed by atoms with van der Waals surface area (Å²) in [6.45, 7) is 0.470. The Morgan fingerprint density at radius 1 is 1.69 bits per heavy atom. The molecule has 1 atom stereocenters. The van der Waals surface area contributed by atoms with Gasteiger partial charge in [0, 0.05) is 13.3 Å². The first-order valence-corrected chi connectivity index (χ1v) is 4.60. The summed E-state index contributed by atoms with van der Waals surface area (Å²) in [6.07, 6.45) is 1.66. The van der Waals surface area contributed by atoms with Crippen molar-refractivity contribution in [3.8, 4) is 0 Å². The van der Waals surface area contributed by atoms with Gasteiger partial charge in [-0.1, -0.05) is 0 Å². The predicted molar refractivity (Wildman–Crippen MR) is 55.2 cm³/mol. The van der Waals surface area contributed by atoms with Gasteiger partial charge >= 0.3 is 0 Å². The molecule has 1 aromatic heterocycles. The number of anilines is 1. The Balaban J connectivity index is 2.84. The van der Waals surface area contributed by atoms with Gasteiger partial charge in [0.2, 0.25) is 0 Å². The average Bonchev–Trinajstić information content (AvgIpc) is 2.10. The molecule has 1 unspecified atom stereocenters. The van der Waals surface area contributed by atoms with Gasteiger partial charge in [-0.3, -0.25) is 0 Å². The standard InChI is InChI=1S/C8H12BrN3O/c1-13-4-7(10)5-2-6(9)8(11)12-3-5/h2-3,7H,4,10H2,1H3,(H2,11,12). The number of hydrogen-bond acceptors (Lipinski definition) is 4. The molecule has 0 aliphatic heterocycles. The van der Waals surface area contributed by atoms with Gasteiger partial charge in [-0.05, 0) is 27.6 Å². The third-order valence-electron chi connectivity index (χ3n) is 1.67. The van der Waals surface area contributed by atoms with Crippen molar-refractivity contribution in [3.63, 3.8) is 0 Å². The zero-order chi connectivity index (χ0) is 9.84. The summed E-state index contributed by atoms with van der Waals surface area (Å²) in [4.78, 5) is 3.98. The quantitative estimate of drug-likeness (QED) is 0.836. The second kappa shape index (κ2) is 4.55. The number of nitrogens with zero attached hydrogens (tertiary/aromatic N) is 1. The van der Waals surface area contributed by atoms with Crippen LogP contribution in [0.1, 0.15) is 11.6 Å². The highest BCUT2D eigenvalue weighted by Gasteiger charge is 2.07. The van der Waals surface area contributed by atoms with Gasteiger partial charge in [0.15, 0.2) is 0 Å². The number of pyridine rings is 1. The molecule has 0 aliphatic rings. The maximum atomic E-state index is 5.80. The Bertz CT molecular complexity index is 293. The van der Waals surface area contributed by atoms with Gasteiger partial charge in [-0.25, -0.2) is 4.98 Å². The third-order valence-corrected chi connectivity index (χ3v) is 2.30. The number of methoxy groups -OCH3 is 1. The molecule has 1 aromatic rings. The lowest BCUT2D eigenvalue weighted by Gasteiger charge is -2.10. The van der Waals surface area contributed by atoms with Crippen LogP contribution in [0.3, 0.4) is 0 Å². The van der Waals surface area contributed by atoms with E-state index in [4.69, 9.17) is 16.2 Å². The molecule has 72 valence electrons. The Labute approximate surface area is 85.4 Å². The Morgan fingerprint density at radius 2 is 2.38 bits per heavy atom. The van der Waals surface area contributed by atoms with Crippen LogP contribution in [0.5, 0.6) is 0 Å². The van der Waals surface area contributed by atoms with Crippen LogP contribution in [0.25, 0.3) is 0 Å². The molecule has 13 heavy (non-hydrogen) atoms. The molecule has 0 saturated carbocycles. The molecule has 0 saturated heterocycles. The molecule has 0 spiro atoms. The van der Waals surface area contributed by atoms with Crippen LogP contribution in [0, 0.1) is 0 Å². The van der Waals surface area contributed by atoms with Gasteiger partial charge in [-0.15, -0.1) is 0 Å². The second-order valence-corrected chi connectivity index (χ2v) is 3.55. The molecule has 0 amide bonds. The normalized spacial score (nSPS) is 12.8. The lowest BCUT2D eigenvalue weighted by molar-refractivity contribution is 0.181. The highest BCUT2D eigenvalue weighted by atomic mass is 79.9. The summed E-state index contributed by atoms with van der Waals surface area (Å²) < 4.78 is 5.69. The molecule has 4 N–H and O–H groups in total. The molecular formula is C8H12BrN3O. The van der Waals surface area contributed by atoms with E-state index >= 15 is 0 Å². The van der Waals surface area contributed by atoms with Crippen molar-refractivity contribution < 1.29 is 4.74 Å². The van der Waals surface area contributed by atoms with E-state index in [0.717, 1.165) is 10.0 Å². The number of hydrogen-bond donors (Lipinski definition) is 2. The molecule has 0 aromatic carbocycles. The summed E-state index contributed by atoms with van der Waals surface area (Å²) in [5, 5.41) is 0. The number of ether oxygens (including phenoxy) is 1. The molecule has 5 heteroatoms. The van der Waals surface area contributed by atoms with Crippen LogP contribution in [-0.2, 0) is 4.74 Å². The van der Waals surface area contributed by atoms with E-state index in [1.54, 1.807) is 13.3 Å². The second-order valence-electron chi connectivity index (χ2n) is 2.70. The Hall–Kier alpha value is -0.650. The summed E-state index contributed by atoms with van der Waals surface area (Å²) in [5.41, 5.74) is 12.2. The van der Waals surface area contributed by atoms with Crippen molar-refractivity contribution in [1.82, 2.24) is 4.98 Å². The number of nitrogen functional groups attached to an aromatic ring is 1. The van der Waals surface area contributed by atoms with Crippen LogP contribution in [0.15, 0.2) is 16.7 Å². The van der Waals surface area contributed by atoms with Crippen molar-refractivity contribution in [2.45, 2.75) is 6.04 Å². The number of aromatic nitrogens is 1. The Kier molecular flexibility index (Phi) is 3.65. The van der Waals surface area contributed by atoms with Crippen LogP contribution in [0.2, 0.25) is 0 Å². The Morgan fingerprint density at radius 3 is 2.92 bits per heavy atom. The molecular weight excluding hydrogens is 234 g/mol. The van der Waals surface area contributed by atoms with Gasteiger partial charge in [0.1, 0.15) is 5.82 Å². The van der Waals surface area contributed by atoms with Crippen LogP contribution >= 0.6 is 15.9 Å². The molecule has 0 fully saturated rings. The van der Waals surface area contributed by atoms with Crippen molar-refractivity contribution >= 4 is 21.7 Å². The minimum Gasteiger partial charge on any atom is -0.383 e. The summed E-state index contributed by atoms with van der Waals surface area (Å²) in [7, 11) is 1.61. The fraction of sp³-hybridized carbons (Fsp3) is 0.375. The fourth-order valence-corrected chi connectivity index (χ4v) is 1.31. The van der Waals surface area contributed by atoms with Crippen molar-refractivity contribution in [2.75, 3.05) is 19.5 Å². The minimum atomic E-state index is -0.158. The molecule has 1 heterocycles. The summed E-state index contributed by atoms with van der Waals surface area (Å²) in [6, 6.07) is 1.70. The first kappa shape index (κ1) is 10.4. The van der Waals surface area contributed by atoms with E-state index in [9.17, 15) is 0 Å². The number of nitrogens with two attached hydrogens (primary N) is 2.